The molecule has 238 valence electrons. The molecule has 6 nitrogen and oxygen atoms in total. The van der Waals surface area contributed by atoms with Gasteiger partial charge in [-0.1, -0.05) is 88.1 Å². The van der Waals surface area contributed by atoms with E-state index in [2.05, 4.69) is 62.4 Å². The molecule has 0 aromatic heterocycles. The SMILES string of the molecule is CC1CCC(Cc2ccc(/C=C/C(=O)OC3CO[C@@H]4[C@@H](OOCc5ccc(CC6CCC(C)CC6)cc5)CO[C@H]34)cc2)CC1. The molecule has 2 saturated heterocycles. The Morgan fingerprint density at radius 2 is 1.20 bits per heavy atom. The molecule has 6 heteroatoms. The first-order chi connectivity index (χ1) is 21.5. The summed E-state index contributed by atoms with van der Waals surface area (Å²) in [5, 5.41) is 0. The van der Waals surface area contributed by atoms with Crippen LogP contribution in [0.15, 0.2) is 54.6 Å². The fraction of sp³-hybridized carbons (Fsp3) is 0.605. The van der Waals surface area contributed by atoms with Crippen molar-refractivity contribution in [2.45, 2.75) is 109 Å². The van der Waals surface area contributed by atoms with E-state index >= 15 is 0 Å². The minimum absolute atomic E-state index is 0.283. The summed E-state index contributed by atoms with van der Waals surface area (Å²) in [5.74, 6) is 2.98. The minimum atomic E-state index is -0.466. The maximum Gasteiger partial charge on any atom is 0.331 e. The summed E-state index contributed by atoms with van der Waals surface area (Å²) in [6, 6.07) is 17.2. The van der Waals surface area contributed by atoms with Crippen LogP contribution in [0, 0.1) is 23.7 Å². The third kappa shape index (κ3) is 8.60. The Morgan fingerprint density at radius 3 is 1.80 bits per heavy atom. The second-order valence-electron chi connectivity index (χ2n) is 14.0. The summed E-state index contributed by atoms with van der Waals surface area (Å²) in [7, 11) is 0. The molecule has 0 radical (unpaired) electrons. The average Bonchev–Trinajstić information content (AvgIpc) is 3.63. The Labute approximate surface area is 263 Å². The molecule has 44 heavy (non-hydrogen) atoms. The molecular formula is C38H50O6. The highest BCUT2D eigenvalue weighted by Gasteiger charge is 2.50. The average molecular weight is 603 g/mol. The molecule has 2 aliphatic carbocycles. The van der Waals surface area contributed by atoms with Gasteiger partial charge in [0.1, 0.15) is 24.9 Å². The minimum Gasteiger partial charge on any atom is -0.454 e. The summed E-state index contributed by atoms with van der Waals surface area (Å²) in [4.78, 5) is 23.9. The van der Waals surface area contributed by atoms with Crippen LogP contribution in [-0.2, 0) is 48.2 Å². The largest absolute Gasteiger partial charge is 0.454 e. The van der Waals surface area contributed by atoms with Crippen molar-refractivity contribution >= 4 is 12.0 Å². The highest BCUT2D eigenvalue weighted by Crippen LogP contribution is 2.33. The van der Waals surface area contributed by atoms with Crippen molar-refractivity contribution in [2.24, 2.45) is 23.7 Å². The van der Waals surface area contributed by atoms with E-state index in [0.717, 1.165) is 41.2 Å². The van der Waals surface area contributed by atoms with E-state index < -0.39 is 12.1 Å². The molecule has 2 heterocycles. The van der Waals surface area contributed by atoms with Crippen LogP contribution in [-0.4, -0.2) is 43.6 Å². The molecule has 4 fully saturated rings. The van der Waals surface area contributed by atoms with Crippen LogP contribution in [0.1, 0.15) is 87.5 Å². The molecule has 1 unspecified atom stereocenters. The maximum atomic E-state index is 12.6. The molecule has 0 N–H and O–H groups in total. The van der Waals surface area contributed by atoms with Gasteiger partial charge in [0.15, 0.2) is 6.10 Å². The number of hydrogen-bond donors (Lipinski definition) is 0. The lowest BCUT2D eigenvalue weighted by Gasteiger charge is -2.26. The zero-order chi connectivity index (χ0) is 30.3. The van der Waals surface area contributed by atoms with Crippen LogP contribution < -0.4 is 0 Å². The van der Waals surface area contributed by atoms with E-state index in [-0.39, 0.29) is 24.9 Å². The van der Waals surface area contributed by atoms with Gasteiger partial charge in [-0.15, -0.1) is 0 Å². The van der Waals surface area contributed by atoms with Crippen molar-refractivity contribution in [1.29, 1.82) is 0 Å². The molecule has 0 bridgehead atoms. The third-order valence-electron chi connectivity index (χ3n) is 10.4. The van der Waals surface area contributed by atoms with Crippen LogP contribution in [0.5, 0.6) is 0 Å². The first-order valence-electron chi connectivity index (χ1n) is 17.1. The fourth-order valence-electron chi connectivity index (χ4n) is 7.42. The summed E-state index contributed by atoms with van der Waals surface area (Å²) in [6.07, 6.45) is 14.9. The lowest BCUT2D eigenvalue weighted by atomic mass is 9.80. The molecule has 2 saturated carbocycles. The number of fused-ring (bicyclic) bond motifs is 1. The van der Waals surface area contributed by atoms with Gasteiger partial charge in [0.05, 0.1) is 13.2 Å². The van der Waals surface area contributed by atoms with Gasteiger partial charge in [0.2, 0.25) is 0 Å². The predicted octanol–water partition coefficient (Wildman–Crippen LogP) is 7.66. The maximum absolute atomic E-state index is 12.6. The number of esters is 1. The Kier molecular flexibility index (Phi) is 10.9. The smallest absolute Gasteiger partial charge is 0.331 e. The van der Waals surface area contributed by atoms with Gasteiger partial charge in [-0.3, -0.25) is 0 Å². The molecular weight excluding hydrogens is 552 g/mol. The molecule has 6 rings (SSSR count). The topological polar surface area (TPSA) is 63.2 Å². The zero-order valence-corrected chi connectivity index (χ0v) is 26.5. The van der Waals surface area contributed by atoms with Gasteiger partial charge in [0, 0.05) is 6.08 Å². The van der Waals surface area contributed by atoms with Crippen molar-refractivity contribution in [3.63, 3.8) is 0 Å². The predicted molar refractivity (Wildman–Crippen MR) is 171 cm³/mol. The number of carbonyl (C=O) groups is 1. The van der Waals surface area contributed by atoms with E-state index in [4.69, 9.17) is 24.0 Å². The Morgan fingerprint density at radius 1 is 0.705 bits per heavy atom. The molecule has 4 atom stereocenters. The van der Waals surface area contributed by atoms with E-state index in [1.165, 1.54) is 75.0 Å². The highest BCUT2D eigenvalue weighted by molar-refractivity contribution is 5.87. The van der Waals surface area contributed by atoms with E-state index in [0.29, 0.717) is 13.2 Å². The summed E-state index contributed by atoms with van der Waals surface area (Å²) in [5.41, 5.74) is 4.82. The standard InChI is InChI=1S/C38H50O6/c1-26-3-7-29(8-4-26)21-31-13-11-28(12-14-31)19-20-36(39)43-34-24-40-38-35(25-41-37(34)38)44-42-23-33-17-15-32(16-18-33)22-30-9-5-27(2)6-10-30/h11-20,26-27,29-30,34-35,37-38H,3-10,21-25H2,1-2H3/b20-19+/t26?,27?,29?,30?,34?,35-,37+,38+/m0/s1. The van der Waals surface area contributed by atoms with Gasteiger partial charge in [-0.05, 0) is 90.5 Å². The Hall–Kier alpha value is -2.51. The van der Waals surface area contributed by atoms with Crippen LogP contribution in [0.25, 0.3) is 6.08 Å². The van der Waals surface area contributed by atoms with Gasteiger partial charge >= 0.3 is 5.97 Å². The summed E-state index contributed by atoms with van der Waals surface area (Å²) in [6.45, 7) is 5.71. The lowest BCUT2D eigenvalue weighted by molar-refractivity contribution is -0.341. The molecule has 2 aromatic carbocycles. The number of benzene rings is 2. The van der Waals surface area contributed by atoms with Crippen LogP contribution in [0.2, 0.25) is 0 Å². The monoisotopic (exact) mass is 602 g/mol. The molecule has 4 aliphatic rings. The second-order valence-corrected chi connectivity index (χ2v) is 14.0. The number of carbonyl (C=O) groups excluding carboxylic acids is 1. The van der Waals surface area contributed by atoms with Gasteiger partial charge in [-0.2, -0.15) is 0 Å². The van der Waals surface area contributed by atoms with Gasteiger partial charge < -0.3 is 14.2 Å². The van der Waals surface area contributed by atoms with Crippen molar-refractivity contribution in [1.82, 2.24) is 0 Å². The number of hydrogen-bond acceptors (Lipinski definition) is 6. The van der Waals surface area contributed by atoms with Crippen molar-refractivity contribution in [3.8, 4) is 0 Å². The van der Waals surface area contributed by atoms with E-state index in [1.54, 1.807) is 6.08 Å². The normalized spacial score (nSPS) is 32.1. The summed E-state index contributed by atoms with van der Waals surface area (Å²) >= 11 is 0. The first kappa shape index (κ1) is 31.5. The first-order valence-corrected chi connectivity index (χ1v) is 17.1. The van der Waals surface area contributed by atoms with E-state index in [1.807, 2.05) is 0 Å². The van der Waals surface area contributed by atoms with Gasteiger partial charge in [-0.25, -0.2) is 14.6 Å². The molecule has 2 aromatic rings. The lowest BCUT2D eigenvalue weighted by Crippen LogP contribution is -2.34. The van der Waals surface area contributed by atoms with Crippen LogP contribution >= 0.6 is 0 Å². The van der Waals surface area contributed by atoms with Gasteiger partial charge in [0.25, 0.3) is 0 Å². The summed E-state index contributed by atoms with van der Waals surface area (Å²) < 4.78 is 17.5. The molecule has 0 spiro atoms. The van der Waals surface area contributed by atoms with Crippen LogP contribution in [0.3, 0.4) is 0 Å². The van der Waals surface area contributed by atoms with Crippen molar-refractivity contribution in [2.75, 3.05) is 13.2 Å². The Bertz CT molecular complexity index is 1210. The van der Waals surface area contributed by atoms with Crippen LogP contribution in [0.4, 0.5) is 0 Å². The zero-order valence-electron chi connectivity index (χ0n) is 26.5. The number of rotatable bonds is 11. The fourth-order valence-corrected chi connectivity index (χ4v) is 7.42. The third-order valence-corrected chi connectivity index (χ3v) is 10.4. The second kappa shape index (κ2) is 15.2. The van der Waals surface area contributed by atoms with Crippen molar-refractivity contribution < 1.29 is 28.8 Å². The highest BCUT2D eigenvalue weighted by atomic mass is 17.2. The van der Waals surface area contributed by atoms with E-state index in [9.17, 15) is 4.79 Å². The van der Waals surface area contributed by atoms with Crippen molar-refractivity contribution in [3.05, 3.63) is 76.9 Å². The Balaban J connectivity index is 0.894. The molecule has 2 aliphatic heterocycles. The quantitative estimate of drug-likeness (QED) is 0.114. The number of ether oxygens (including phenoxy) is 3. The molecule has 0 amide bonds.